The van der Waals surface area contributed by atoms with E-state index in [1.54, 1.807) is 11.3 Å². The smallest absolute Gasteiger partial charge is 0.341 e. The molecular weight excluding hydrogens is 358 g/mol. The van der Waals surface area contributed by atoms with Crippen LogP contribution in [-0.4, -0.2) is 18.5 Å². The Kier molecular flexibility index (Phi) is 7.49. The van der Waals surface area contributed by atoms with Crippen molar-refractivity contribution in [3.63, 3.8) is 0 Å². The number of carbonyl (C=O) groups excluding carboxylic acids is 2. The SMILES string of the molecule is CCOC(=O)c1c(NC(=O)C[C@@H](C)CC(C)(C)C)sc2c1CC[C@H](CC)C2. The van der Waals surface area contributed by atoms with Gasteiger partial charge in [0.15, 0.2) is 0 Å². The third-order valence-corrected chi connectivity index (χ3v) is 6.34. The summed E-state index contributed by atoms with van der Waals surface area (Å²) in [5, 5.41) is 3.72. The molecule has 0 fully saturated rings. The van der Waals surface area contributed by atoms with Gasteiger partial charge in [0.25, 0.3) is 0 Å². The van der Waals surface area contributed by atoms with E-state index in [-0.39, 0.29) is 17.3 Å². The highest BCUT2D eigenvalue weighted by atomic mass is 32.1. The van der Waals surface area contributed by atoms with Gasteiger partial charge in [-0.2, -0.15) is 0 Å². The zero-order chi connectivity index (χ0) is 20.2. The molecule has 0 saturated carbocycles. The van der Waals surface area contributed by atoms with Gasteiger partial charge in [0.1, 0.15) is 5.00 Å². The summed E-state index contributed by atoms with van der Waals surface area (Å²) in [7, 11) is 0. The monoisotopic (exact) mass is 393 g/mol. The van der Waals surface area contributed by atoms with Crippen molar-refractivity contribution in [2.45, 2.75) is 80.1 Å². The molecule has 0 aliphatic heterocycles. The molecular formula is C22H35NO3S. The molecule has 0 aromatic carbocycles. The Hall–Kier alpha value is -1.36. The van der Waals surface area contributed by atoms with Crippen LogP contribution in [0.3, 0.4) is 0 Å². The molecule has 152 valence electrons. The first-order valence-corrected chi connectivity index (χ1v) is 11.1. The molecule has 5 heteroatoms. The highest BCUT2D eigenvalue weighted by Gasteiger charge is 2.30. The number of esters is 1. The summed E-state index contributed by atoms with van der Waals surface area (Å²) in [6, 6.07) is 0. The Labute approximate surface area is 168 Å². The number of hydrogen-bond donors (Lipinski definition) is 1. The molecule has 1 aromatic rings. The van der Waals surface area contributed by atoms with Crippen LogP contribution in [0.25, 0.3) is 0 Å². The lowest BCUT2D eigenvalue weighted by Gasteiger charge is -2.22. The van der Waals surface area contributed by atoms with Gasteiger partial charge >= 0.3 is 5.97 Å². The lowest BCUT2D eigenvalue weighted by atomic mass is 9.84. The lowest BCUT2D eigenvalue weighted by Crippen LogP contribution is -2.20. The molecule has 4 nitrogen and oxygen atoms in total. The first-order valence-electron chi connectivity index (χ1n) is 10.3. The zero-order valence-electron chi connectivity index (χ0n) is 17.7. The molecule has 0 spiro atoms. The summed E-state index contributed by atoms with van der Waals surface area (Å²) in [6.45, 7) is 13.1. The van der Waals surface area contributed by atoms with Crippen molar-refractivity contribution in [3.8, 4) is 0 Å². The predicted molar refractivity (Wildman–Crippen MR) is 113 cm³/mol. The van der Waals surface area contributed by atoms with Gasteiger partial charge in [-0.05, 0) is 55.4 Å². The number of amides is 1. The Bertz CT molecular complexity index is 672. The van der Waals surface area contributed by atoms with E-state index in [1.165, 1.54) is 4.88 Å². The zero-order valence-corrected chi connectivity index (χ0v) is 18.6. The van der Waals surface area contributed by atoms with Crippen LogP contribution in [0.2, 0.25) is 0 Å². The van der Waals surface area contributed by atoms with E-state index in [0.29, 0.717) is 35.4 Å². The molecule has 1 aromatic heterocycles. The van der Waals surface area contributed by atoms with Crippen LogP contribution in [0.15, 0.2) is 0 Å². The van der Waals surface area contributed by atoms with E-state index in [1.807, 2.05) is 6.92 Å². The number of carbonyl (C=O) groups is 2. The Morgan fingerprint density at radius 2 is 2.00 bits per heavy atom. The number of nitrogens with one attached hydrogen (secondary N) is 1. The first-order chi connectivity index (χ1) is 12.6. The topological polar surface area (TPSA) is 55.4 Å². The number of fused-ring (bicyclic) bond motifs is 1. The molecule has 0 bridgehead atoms. The molecule has 27 heavy (non-hydrogen) atoms. The van der Waals surface area contributed by atoms with Crippen molar-refractivity contribution < 1.29 is 14.3 Å². The van der Waals surface area contributed by atoms with Crippen LogP contribution < -0.4 is 5.32 Å². The summed E-state index contributed by atoms with van der Waals surface area (Å²) >= 11 is 1.57. The first kappa shape index (κ1) is 21.9. The summed E-state index contributed by atoms with van der Waals surface area (Å²) < 4.78 is 5.29. The highest BCUT2D eigenvalue weighted by molar-refractivity contribution is 7.17. The maximum Gasteiger partial charge on any atom is 0.341 e. The molecule has 0 saturated heterocycles. The Morgan fingerprint density at radius 3 is 2.59 bits per heavy atom. The predicted octanol–water partition coefficient (Wildman–Crippen LogP) is 5.84. The minimum Gasteiger partial charge on any atom is -0.462 e. The van der Waals surface area contributed by atoms with Crippen LogP contribution in [0.1, 0.15) is 88.0 Å². The van der Waals surface area contributed by atoms with Gasteiger partial charge < -0.3 is 10.1 Å². The molecule has 1 amide bonds. The normalized spacial score (nSPS) is 17.9. The van der Waals surface area contributed by atoms with Gasteiger partial charge in [0.2, 0.25) is 5.91 Å². The van der Waals surface area contributed by atoms with Crippen molar-refractivity contribution in [2.75, 3.05) is 11.9 Å². The van der Waals surface area contributed by atoms with Crippen molar-refractivity contribution in [1.29, 1.82) is 0 Å². The summed E-state index contributed by atoms with van der Waals surface area (Å²) in [5.41, 5.74) is 1.90. The van der Waals surface area contributed by atoms with Crippen LogP contribution in [-0.2, 0) is 22.4 Å². The second-order valence-corrected chi connectivity index (χ2v) is 10.2. The third kappa shape index (κ3) is 6.06. The van der Waals surface area contributed by atoms with Crippen molar-refractivity contribution in [1.82, 2.24) is 0 Å². The standard InChI is InChI=1S/C22H35NO3S/c1-7-15-9-10-16-17(12-15)27-20(19(16)21(25)26-8-2)23-18(24)11-14(3)13-22(4,5)6/h14-15H,7-13H2,1-6H3,(H,23,24)/t14-,15+/m1/s1. The van der Waals surface area contributed by atoms with Crippen LogP contribution in [0, 0.1) is 17.3 Å². The fraction of sp³-hybridized carbons (Fsp3) is 0.727. The number of rotatable bonds is 7. The van der Waals surface area contributed by atoms with E-state index in [0.717, 1.165) is 37.7 Å². The molecule has 1 aliphatic rings. The summed E-state index contributed by atoms with van der Waals surface area (Å²) in [6.07, 6.45) is 5.61. The van der Waals surface area contributed by atoms with E-state index >= 15 is 0 Å². The second-order valence-electron chi connectivity index (χ2n) is 9.07. The fourth-order valence-electron chi connectivity index (χ4n) is 4.12. The van der Waals surface area contributed by atoms with E-state index in [4.69, 9.17) is 4.74 Å². The molecule has 2 rings (SSSR count). The quantitative estimate of drug-likeness (QED) is 0.592. The van der Waals surface area contributed by atoms with Gasteiger partial charge in [0.05, 0.1) is 12.2 Å². The minimum absolute atomic E-state index is 0.0112. The van der Waals surface area contributed by atoms with Gasteiger partial charge in [-0.15, -0.1) is 11.3 Å². The lowest BCUT2D eigenvalue weighted by molar-refractivity contribution is -0.117. The summed E-state index contributed by atoms with van der Waals surface area (Å²) in [5.74, 6) is 0.655. The molecule has 1 heterocycles. The van der Waals surface area contributed by atoms with Crippen molar-refractivity contribution in [2.24, 2.45) is 17.3 Å². The Morgan fingerprint density at radius 1 is 1.30 bits per heavy atom. The molecule has 2 atom stereocenters. The van der Waals surface area contributed by atoms with E-state index < -0.39 is 0 Å². The Balaban J connectivity index is 2.18. The molecule has 0 unspecified atom stereocenters. The second kappa shape index (κ2) is 9.22. The van der Waals surface area contributed by atoms with Gasteiger partial charge in [-0.3, -0.25) is 4.79 Å². The number of ether oxygens (including phenoxy) is 1. The van der Waals surface area contributed by atoms with Gasteiger partial charge in [0, 0.05) is 11.3 Å². The van der Waals surface area contributed by atoms with Crippen molar-refractivity contribution in [3.05, 3.63) is 16.0 Å². The molecule has 0 radical (unpaired) electrons. The average Bonchev–Trinajstić information content (AvgIpc) is 2.89. The van der Waals surface area contributed by atoms with Crippen LogP contribution in [0.5, 0.6) is 0 Å². The number of thiophene rings is 1. The number of hydrogen-bond acceptors (Lipinski definition) is 4. The van der Waals surface area contributed by atoms with E-state index in [2.05, 4.69) is 39.9 Å². The largest absolute Gasteiger partial charge is 0.462 e. The molecule has 1 aliphatic carbocycles. The average molecular weight is 394 g/mol. The van der Waals surface area contributed by atoms with Crippen LogP contribution in [0.4, 0.5) is 5.00 Å². The fourth-order valence-corrected chi connectivity index (χ4v) is 5.49. The maximum atomic E-state index is 12.6. The van der Waals surface area contributed by atoms with Gasteiger partial charge in [-0.25, -0.2) is 4.79 Å². The molecule has 1 N–H and O–H groups in total. The number of anilines is 1. The van der Waals surface area contributed by atoms with Crippen LogP contribution >= 0.6 is 11.3 Å². The van der Waals surface area contributed by atoms with Crippen molar-refractivity contribution >= 4 is 28.2 Å². The third-order valence-electron chi connectivity index (χ3n) is 5.17. The maximum absolute atomic E-state index is 12.6. The highest BCUT2D eigenvalue weighted by Crippen LogP contribution is 2.41. The van der Waals surface area contributed by atoms with E-state index in [9.17, 15) is 9.59 Å². The minimum atomic E-state index is -0.303. The summed E-state index contributed by atoms with van der Waals surface area (Å²) in [4.78, 5) is 26.4. The van der Waals surface area contributed by atoms with Gasteiger partial charge in [-0.1, -0.05) is 41.0 Å².